The number of fused-ring (bicyclic) bond motifs is 2. The van der Waals surface area contributed by atoms with Gasteiger partial charge < -0.3 is 30.1 Å². The minimum Gasteiger partial charge on any atom is -0.443 e. The largest absolute Gasteiger partial charge is 0.443 e. The Balaban J connectivity index is 1.04. The van der Waals surface area contributed by atoms with Gasteiger partial charge in [0.15, 0.2) is 12.5 Å². The third-order valence-corrected chi connectivity index (χ3v) is 9.59. The summed E-state index contributed by atoms with van der Waals surface area (Å²) >= 11 is 0. The molecule has 6 amide bonds. The third kappa shape index (κ3) is 8.78. The highest BCUT2D eigenvalue weighted by Gasteiger charge is 2.29. The highest BCUT2D eigenvalue weighted by molar-refractivity contribution is 6.02. The molecule has 6 rings (SSSR count). The van der Waals surface area contributed by atoms with Crippen molar-refractivity contribution in [1.82, 2.24) is 40.2 Å². The van der Waals surface area contributed by atoms with Crippen LogP contribution in [0.15, 0.2) is 60.9 Å². The molecule has 16 heteroatoms. The molecule has 2 aliphatic heterocycles. The molecule has 0 aliphatic carbocycles. The minimum absolute atomic E-state index is 0.0151. The quantitative estimate of drug-likeness (QED) is 0.0573. The molecule has 4 N–H and O–H groups in total. The van der Waals surface area contributed by atoms with Gasteiger partial charge in [-0.15, -0.1) is 0 Å². The smallest absolute Gasteiger partial charge is 0.332 e. The fourth-order valence-corrected chi connectivity index (χ4v) is 6.46. The molecule has 2 unspecified atom stereocenters. The average Bonchev–Trinajstić information content (AvgIpc) is 3.90. The second-order valence-corrected chi connectivity index (χ2v) is 13.7. The summed E-state index contributed by atoms with van der Waals surface area (Å²) in [6.45, 7) is 0.576. The van der Waals surface area contributed by atoms with E-state index in [1.807, 2.05) is 48.8 Å². The SMILES string of the molecule is CN(C)C(Cc1c[nH]c2ccc(CCN3C(=O)CNC3=O)cc12)OC(=O)/C=C\C(=O)OC(Cc1c[nH]c2ccc(CCN3C(=O)CNC3=O)cc12)N(C)C. The number of hydrogen-bond donors (Lipinski definition) is 4. The Kier molecular flexibility index (Phi) is 11.4. The van der Waals surface area contributed by atoms with Crippen molar-refractivity contribution >= 4 is 57.6 Å². The number of esters is 2. The lowest BCUT2D eigenvalue weighted by Crippen LogP contribution is -2.35. The number of rotatable bonds is 16. The van der Waals surface area contributed by atoms with Gasteiger partial charge in [-0.1, -0.05) is 12.1 Å². The Hall–Kier alpha value is -6.00. The summed E-state index contributed by atoms with van der Waals surface area (Å²) in [6, 6.07) is 11.0. The number of likely N-dealkylation sites (N-methyl/N-ethyl adjacent to an activating group) is 2. The van der Waals surface area contributed by atoms with Crippen LogP contribution < -0.4 is 10.6 Å². The molecular weight excluding hydrogens is 696 g/mol. The number of nitrogens with one attached hydrogen (secondary N) is 4. The fourth-order valence-electron chi connectivity index (χ4n) is 6.46. The molecule has 0 spiro atoms. The van der Waals surface area contributed by atoms with Crippen LogP contribution in [0.2, 0.25) is 0 Å². The van der Waals surface area contributed by atoms with Crippen LogP contribution >= 0.6 is 0 Å². The first-order valence-corrected chi connectivity index (χ1v) is 17.6. The van der Waals surface area contributed by atoms with E-state index in [-0.39, 0.29) is 50.1 Å². The van der Waals surface area contributed by atoms with Crippen molar-refractivity contribution in [1.29, 1.82) is 0 Å². The fraction of sp³-hybridized carbons (Fsp3) is 0.368. The molecule has 4 aromatic rings. The van der Waals surface area contributed by atoms with Gasteiger partial charge in [0.1, 0.15) is 0 Å². The molecule has 2 aromatic carbocycles. The van der Waals surface area contributed by atoms with Gasteiger partial charge in [-0.2, -0.15) is 0 Å². The normalized spacial score (nSPS) is 16.0. The van der Waals surface area contributed by atoms with Crippen LogP contribution in [0.25, 0.3) is 21.8 Å². The van der Waals surface area contributed by atoms with Gasteiger partial charge in [-0.25, -0.2) is 19.2 Å². The number of ether oxygens (including phenoxy) is 2. The summed E-state index contributed by atoms with van der Waals surface area (Å²) in [4.78, 5) is 86.1. The number of hydrogen-bond acceptors (Lipinski definition) is 10. The Morgan fingerprint density at radius 2 is 1.09 bits per heavy atom. The van der Waals surface area contributed by atoms with E-state index in [9.17, 15) is 28.8 Å². The zero-order valence-electron chi connectivity index (χ0n) is 30.6. The minimum atomic E-state index is -0.710. The number of imide groups is 2. The topological polar surface area (TPSA) is 189 Å². The van der Waals surface area contributed by atoms with Gasteiger partial charge in [-0.05, 0) is 87.6 Å². The maximum Gasteiger partial charge on any atom is 0.332 e. The Bertz CT molecular complexity index is 1940. The van der Waals surface area contributed by atoms with Crippen LogP contribution in [0.4, 0.5) is 9.59 Å². The van der Waals surface area contributed by atoms with Gasteiger partial charge >= 0.3 is 24.0 Å². The lowest BCUT2D eigenvalue weighted by atomic mass is 10.0. The summed E-state index contributed by atoms with van der Waals surface area (Å²) in [5, 5.41) is 6.92. The summed E-state index contributed by atoms with van der Waals surface area (Å²) in [5.41, 5.74) is 5.50. The van der Waals surface area contributed by atoms with Gasteiger partial charge in [0.25, 0.3) is 0 Å². The number of benzene rings is 2. The Morgan fingerprint density at radius 3 is 1.44 bits per heavy atom. The zero-order chi connectivity index (χ0) is 38.5. The van der Waals surface area contributed by atoms with E-state index in [4.69, 9.17) is 9.47 Å². The van der Waals surface area contributed by atoms with Crippen molar-refractivity contribution in [2.75, 3.05) is 54.4 Å². The molecule has 2 atom stereocenters. The molecule has 0 radical (unpaired) electrons. The molecule has 4 heterocycles. The number of nitrogens with zero attached hydrogens (tertiary/aromatic N) is 4. The first kappa shape index (κ1) is 37.7. The molecule has 0 saturated carbocycles. The number of carbonyl (C=O) groups excluding carboxylic acids is 6. The standard InChI is InChI=1S/C38H44N8O8/c1-43(2)33(17-25-19-39-29-7-5-23(15-27(25)29)11-13-45-31(47)21-41-37(45)51)53-35(49)9-10-36(50)54-34(44(3)4)18-26-20-40-30-8-6-24(16-28(26)30)12-14-46-32(48)22-42-38(46)52/h5-10,15-16,19-20,33-34,39-40H,11-14,17-18,21-22H2,1-4H3,(H,41,51)(H,42,52)/b10-9-. The van der Waals surface area contributed by atoms with E-state index in [2.05, 4.69) is 20.6 Å². The molecule has 16 nitrogen and oxygen atoms in total. The van der Waals surface area contributed by atoms with Crippen molar-refractivity contribution in [3.63, 3.8) is 0 Å². The maximum atomic E-state index is 12.9. The Morgan fingerprint density at radius 1 is 0.685 bits per heavy atom. The second-order valence-electron chi connectivity index (χ2n) is 13.7. The van der Waals surface area contributed by atoms with E-state index in [0.717, 1.165) is 56.2 Å². The number of aromatic amines is 2. The molecule has 54 heavy (non-hydrogen) atoms. The number of aromatic nitrogens is 2. The Labute approximate surface area is 311 Å². The van der Waals surface area contributed by atoms with Crippen LogP contribution in [0.3, 0.4) is 0 Å². The predicted molar refractivity (Wildman–Crippen MR) is 198 cm³/mol. The summed E-state index contributed by atoms with van der Waals surface area (Å²) in [6.07, 6.45) is 6.22. The first-order chi connectivity index (χ1) is 25.9. The van der Waals surface area contributed by atoms with Crippen molar-refractivity contribution < 1.29 is 38.2 Å². The van der Waals surface area contributed by atoms with Crippen molar-refractivity contribution in [2.24, 2.45) is 0 Å². The molecule has 2 fully saturated rings. The maximum absolute atomic E-state index is 12.9. The van der Waals surface area contributed by atoms with E-state index >= 15 is 0 Å². The zero-order valence-corrected chi connectivity index (χ0v) is 30.6. The van der Waals surface area contributed by atoms with Gasteiger partial charge in [0, 0.05) is 72.3 Å². The van der Waals surface area contributed by atoms with Crippen molar-refractivity contribution in [2.45, 2.75) is 38.1 Å². The van der Waals surface area contributed by atoms with E-state index in [0.29, 0.717) is 25.7 Å². The highest BCUT2D eigenvalue weighted by Crippen LogP contribution is 2.25. The predicted octanol–water partition coefficient (Wildman–Crippen LogP) is 2.04. The molecule has 2 saturated heterocycles. The van der Waals surface area contributed by atoms with Crippen LogP contribution in [0.1, 0.15) is 22.3 Å². The second kappa shape index (κ2) is 16.3. The van der Waals surface area contributed by atoms with Gasteiger partial charge in [-0.3, -0.25) is 29.2 Å². The van der Waals surface area contributed by atoms with Crippen molar-refractivity contribution in [3.05, 3.63) is 83.2 Å². The van der Waals surface area contributed by atoms with Crippen molar-refractivity contribution in [3.8, 4) is 0 Å². The van der Waals surface area contributed by atoms with Crippen LogP contribution in [-0.2, 0) is 54.3 Å². The van der Waals surface area contributed by atoms with E-state index in [1.165, 1.54) is 9.80 Å². The van der Waals surface area contributed by atoms with Crippen LogP contribution in [0.5, 0.6) is 0 Å². The van der Waals surface area contributed by atoms with Crippen LogP contribution in [-0.4, -0.2) is 132 Å². The lowest BCUT2D eigenvalue weighted by Gasteiger charge is -2.24. The monoisotopic (exact) mass is 740 g/mol. The number of amides is 6. The van der Waals surface area contributed by atoms with Gasteiger partial charge in [0.05, 0.1) is 13.1 Å². The summed E-state index contributed by atoms with van der Waals surface area (Å²) in [5.74, 6) is -1.91. The lowest BCUT2D eigenvalue weighted by molar-refractivity contribution is -0.153. The first-order valence-electron chi connectivity index (χ1n) is 17.6. The average molecular weight is 741 g/mol. The van der Waals surface area contributed by atoms with E-state index in [1.54, 1.807) is 38.0 Å². The molecule has 284 valence electrons. The summed E-state index contributed by atoms with van der Waals surface area (Å²) < 4.78 is 11.5. The summed E-state index contributed by atoms with van der Waals surface area (Å²) in [7, 11) is 7.15. The van der Waals surface area contributed by atoms with Gasteiger partial charge in [0.2, 0.25) is 11.8 Å². The number of carbonyl (C=O) groups is 6. The number of urea groups is 2. The molecular formula is C38H44N8O8. The number of H-pyrrole nitrogens is 2. The van der Waals surface area contributed by atoms with Crippen LogP contribution in [0, 0.1) is 0 Å². The third-order valence-electron chi connectivity index (χ3n) is 9.59. The van der Waals surface area contributed by atoms with E-state index < -0.39 is 24.4 Å². The molecule has 2 aromatic heterocycles. The molecule has 2 aliphatic rings. The molecule has 0 bridgehead atoms. The highest BCUT2D eigenvalue weighted by atomic mass is 16.6.